The zero-order valence-electron chi connectivity index (χ0n) is 16.2. The smallest absolute Gasteiger partial charge is 0.186 e. The van der Waals surface area contributed by atoms with Crippen molar-refractivity contribution in [1.29, 1.82) is 0 Å². The van der Waals surface area contributed by atoms with Crippen molar-refractivity contribution < 1.29 is 9.64 Å². The van der Waals surface area contributed by atoms with Gasteiger partial charge in [-0.3, -0.25) is 0 Å². The van der Waals surface area contributed by atoms with Crippen molar-refractivity contribution in [3.63, 3.8) is 0 Å². The molecule has 6 heteroatoms. The Bertz CT molecular complexity index is 967. The predicted octanol–water partition coefficient (Wildman–Crippen LogP) is 3.38. The number of benzene rings is 1. The second-order valence-electron chi connectivity index (χ2n) is 7.93. The van der Waals surface area contributed by atoms with E-state index in [0.29, 0.717) is 0 Å². The Balaban J connectivity index is 1.56. The highest BCUT2D eigenvalue weighted by Crippen LogP contribution is 2.42. The third-order valence-corrected chi connectivity index (χ3v) is 7.88. The molecule has 3 aromatic rings. The number of nitrogens with one attached hydrogen (secondary N) is 1. The van der Waals surface area contributed by atoms with Gasteiger partial charge in [-0.25, -0.2) is 9.97 Å². The highest BCUT2D eigenvalue weighted by molar-refractivity contribution is 7.99. The van der Waals surface area contributed by atoms with E-state index in [0.717, 1.165) is 56.0 Å². The van der Waals surface area contributed by atoms with E-state index in [1.165, 1.54) is 43.3 Å². The molecular weight excluding hydrogens is 386 g/mol. The van der Waals surface area contributed by atoms with Crippen LogP contribution in [0.15, 0.2) is 40.3 Å². The average molecular weight is 413 g/mol. The quantitative estimate of drug-likeness (QED) is 0.667. The van der Waals surface area contributed by atoms with E-state index in [4.69, 9.17) is 14.7 Å². The molecule has 0 bridgehead atoms. The summed E-state index contributed by atoms with van der Waals surface area (Å²) in [6.07, 6.45) is 3.63. The number of aromatic nitrogens is 2. The molecule has 2 aromatic heterocycles. The highest BCUT2D eigenvalue weighted by Gasteiger charge is 2.25. The van der Waals surface area contributed by atoms with Crippen LogP contribution in [0, 0.1) is 5.92 Å². The van der Waals surface area contributed by atoms with E-state index in [2.05, 4.69) is 37.3 Å². The van der Waals surface area contributed by atoms with Crippen molar-refractivity contribution in [3.8, 4) is 0 Å². The lowest BCUT2D eigenvalue weighted by Gasteiger charge is -2.23. The first-order valence-corrected chi connectivity index (χ1v) is 11.8. The number of quaternary nitrogens is 1. The minimum Gasteiger partial charge on any atom is -0.370 e. The van der Waals surface area contributed by atoms with Gasteiger partial charge < -0.3 is 9.64 Å². The van der Waals surface area contributed by atoms with Gasteiger partial charge in [0.15, 0.2) is 5.82 Å². The van der Waals surface area contributed by atoms with Gasteiger partial charge in [0.25, 0.3) is 0 Å². The molecule has 0 saturated carbocycles. The maximum Gasteiger partial charge on any atom is 0.186 e. The van der Waals surface area contributed by atoms with Gasteiger partial charge in [-0.2, -0.15) is 0 Å². The fourth-order valence-electron chi connectivity index (χ4n) is 4.16. The normalized spacial score (nSPS) is 20.4. The summed E-state index contributed by atoms with van der Waals surface area (Å²) in [5, 5.41) is 2.47. The topological polar surface area (TPSA) is 39.5 Å². The fourth-order valence-corrected chi connectivity index (χ4v) is 6.62. The molecule has 2 aliphatic rings. The third kappa shape index (κ3) is 3.83. The van der Waals surface area contributed by atoms with Gasteiger partial charge in [-0.1, -0.05) is 36.9 Å². The van der Waals surface area contributed by atoms with Gasteiger partial charge in [0, 0.05) is 15.2 Å². The van der Waals surface area contributed by atoms with Crippen LogP contribution < -0.4 is 4.90 Å². The second kappa shape index (κ2) is 8.11. The maximum absolute atomic E-state index is 5.51. The van der Waals surface area contributed by atoms with Gasteiger partial charge in [0.1, 0.15) is 29.5 Å². The van der Waals surface area contributed by atoms with Gasteiger partial charge >= 0.3 is 0 Å². The van der Waals surface area contributed by atoms with Crippen molar-refractivity contribution in [3.05, 3.63) is 46.6 Å². The van der Waals surface area contributed by atoms with E-state index in [1.54, 1.807) is 11.8 Å². The predicted molar refractivity (Wildman–Crippen MR) is 114 cm³/mol. The first-order valence-electron chi connectivity index (χ1n) is 10.2. The summed E-state index contributed by atoms with van der Waals surface area (Å²) in [4.78, 5) is 15.6. The average Bonchev–Trinajstić information content (AvgIpc) is 3.07. The molecule has 0 radical (unpaired) electrons. The van der Waals surface area contributed by atoms with E-state index < -0.39 is 0 Å². The largest absolute Gasteiger partial charge is 0.370 e. The number of rotatable bonds is 4. The van der Waals surface area contributed by atoms with Crippen LogP contribution in [0.25, 0.3) is 10.2 Å². The zero-order chi connectivity index (χ0) is 18.9. The lowest BCUT2D eigenvalue weighted by atomic mass is 9.89. The summed E-state index contributed by atoms with van der Waals surface area (Å²) in [5.41, 5.74) is 1.52. The molecule has 5 rings (SSSR count). The Morgan fingerprint density at radius 2 is 2.00 bits per heavy atom. The van der Waals surface area contributed by atoms with Gasteiger partial charge in [-0.15, -0.1) is 11.3 Å². The number of aryl methyl sites for hydroxylation is 1. The summed E-state index contributed by atoms with van der Waals surface area (Å²) in [5.74, 6) is 1.76. The number of hydrogen-bond donors (Lipinski definition) is 1. The van der Waals surface area contributed by atoms with Gasteiger partial charge in [0.05, 0.1) is 13.2 Å². The van der Waals surface area contributed by atoms with Crippen LogP contribution in [-0.2, 0) is 24.1 Å². The minimum atomic E-state index is 0.774. The van der Waals surface area contributed by atoms with Gasteiger partial charge in [-0.05, 0) is 42.9 Å². The van der Waals surface area contributed by atoms with Crippen LogP contribution in [0.2, 0.25) is 0 Å². The minimum absolute atomic E-state index is 0.774. The standard InChI is InChI=1S/C22H25N3OS2/c1-15-7-8-17-18(13-15)28-22-20(17)21(27-16-5-3-2-4-6-16)23-19(24-22)14-25-9-11-26-12-10-25/h2-6,15H,7-14H2,1H3/p+1/t15-/m0/s1. The Hall–Kier alpha value is -1.47. The summed E-state index contributed by atoms with van der Waals surface area (Å²) >= 11 is 3.70. The van der Waals surface area contributed by atoms with Gasteiger partial charge in [0.2, 0.25) is 0 Å². The van der Waals surface area contributed by atoms with Crippen molar-refractivity contribution in [2.75, 3.05) is 26.3 Å². The fraction of sp³-hybridized carbons (Fsp3) is 0.455. The van der Waals surface area contributed by atoms with Crippen LogP contribution in [0.3, 0.4) is 0 Å². The molecule has 0 amide bonds. The molecule has 1 saturated heterocycles. The van der Waals surface area contributed by atoms with Crippen LogP contribution in [0.5, 0.6) is 0 Å². The van der Waals surface area contributed by atoms with Crippen molar-refractivity contribution in [2.45, 2.75) is 42.7 Å². The lowest BCUT2D eigenvalue weighted by Crippen LogP contribution is -3.12. The number of ether oxygens (including phenoxy) is 1. The number of thiophene rings is 1. The summed E-state index contributed by atoms with van der Waals surface area (Å²) in [7, 11) is 0. The molecule has 146 valence electrons. The Morgan fingerprint density at radius 1 is 1.18 bits per heavy atom. The Morgan fingerprint density at radius 3 is 2.82 bits per heavy atom. The third-order valence-electron chi connectivity index (χ3n) is 5.73. The first-order chi connectivity index (χ1) is 13.8. The number of nitrogens with zero attached hydrogens (tertiary/aromatic N) is 2. The molecule has 1 aromatic carbocycles. The van der Waals surface area contributed by atoms with Crippen molar-refractivity contribution in [2.24, 2.45) is 5.92 Å². The molecule has 1 atom stereocenters. The SMILES string of the molecule is C[C@H]1CCc2c(sc3nc(C[NH+]4CCOCC4)nc(Sc4ccccc4)c23)C1. The summed E-state index contributed by atoms with van der Waals surface area (Å²) in [6, 6.07) is 10.6. The Labute approximate surface area is 174 Å². The number of morpholine rings is 1. The molecule has 1 aliphatic heterocycles. The van der Waals surface area contributed by atoms with E-state index in [9.17, 15) is 0 Å². The molecule has 1 fully saturated rings. The molecule has 1 aliphatic carbocycles. The van der Waals surface area contributed by atoms with Crippen LogP contribution in [0.4, 0.5) is 0 Å². The van der Waals surface area contributed by atoms with E-state index in [-0.39, 0.29) is 0 Å². The lowest BCUT2D eigenvalue weighted by molar-refractivity contribution is -0.922. The molecule has 4 nitrogen and oxygen atoms in total. The summed E-state index contributed by atoms with van der Waals surface area (Å²) < 4.78 is 5.51. The molecule has 0 spiro atoms. The number of hydrogen-bond acceptors (Lipinski definition) is 5. The molecule has 3 heterocycles. The van der Waals surface area contributed by atoms with Crippen molar-refractivity contribution in [1.82, 2.24) is 9.97 Å². The first kappa shape index (κ1) is 18.6. The van der Waals surface area contributed by atoms with E-state index in [1.807, 2.05) is 11.3 Å². The molecular formula is C22H26N3OS2+. The van der Waals surface area contributed by atoms with Crippen LogP contribution in [0.1, 0.15) is 29.6 Å². The summed E-state index contributed by atoms with van der Waals surface area (Å²) in [6.45, 7) is 7.03. The second-order valence-corrected chi connectivity index (χ2v) is 10.1. The monoisotopic (exact) mass is 412 g/mol. The number of fused-ring (bicyclic) bond motifs is 3. The Kier molecular flexibility index (Phi) is 5.37. The van der Waals surface area contributed by atoms with Crippen LogP contribution >= 0.6 is 23.1 Å². The molecule has 28 heavy (non-hydrogen) atoms. The van der Waals surface area contributed by atoms with Crippen LogP contribution in [-0.4, -0.2) is 36.3 Å². The molecule has 0 unspecified atom stereocenters. The molecule has 1 N–H and O–H groups in total. The maximum atomic E-state index is 5.51. The van der Waals surface area contributed by atoms with E-state index >= 15 is 0 Å². The van der Waals surface area contributed by atoms with Crippen molar-refractivity contribution >= 4 is 33.3 Å². The zero-order valence-corrected chi connectivity index (χ0v) is 17.9. The highest BCUT2D eigenvalue weighted by atomic mass is 32.2.